The fourth-order valence-electron chi connectivity index (χ4n) is 7.48. The van der Waals surface area contributed by atoms with Crippen molar-refractivity contribution in [2.45, 2.75) is 0 Å². The van der Waals surface area contributed by atoms with Gasteiger partial charge in [-0.25, -0.2) is 15.0 Å². The van der Waals surface area contributed by atoms with Gasteiger partial charge in [-0.2, -0.15) is 0 Å². The van der Waals surface area contributed by atoms with E-state index in [0.29, 0.717) is 17.5 Å². The zero-order valence-corrected chi connectivity index (χ0v) is 30.4. The predicted molar refractivity (Wildman–Crippen MR) is 231 cm³/mol. The van der Waals surface area contributed by atoms with Gasteiger partial charge in [-0.05, 0) is 62.0 Å². The first kappa shape index (κ1) is 33.0. The summed E-state index contributed by atoms with van der Waals surface area (Å²) in [6.07, 6.45) is 1.86. The zero-order valence-electron chi connectivity index (χ0n) is 30.4. The van der Waals surface area contributed by atoms with Crippen LogP contribution in [0.3, 0.4) is 0 Å². The molecule has 0 aliphatic carbocycles. The van der Waals surface area contributed by atoms with E-state index in [9.17, 15) is 0 Å². The molecular weight excluding hydrogens is 681 g/mol. The zero-order chi connectivity index (χ0) is 37.3. The average Bonchev–Trinajstić information content (AvgIpc) is 3.29. The van der Waals surface area contributed by atoms with E-state index in [1.54, 1.807) is 0 Å². The largest absolute Gasteiger partial charge is 0.256 e. The third-order valence-electron chi connectivity index (χ3n) is 10.4. The molecule has 0 aliphatic rings. The minimum Gasteiger partial charge on any atom is -0.256 e. The van der Waals surface area contributed by atoms with E-state index in [4.69, 9.17) is 19.9 Å². The summed E-state index contributed by atoms with van der Waals surface area (Å²) in [4.78, 5) is 19.9. The van der Waals surface area contributed by atoms with E-state index in [-0.39, 0.29) is 0 Å². The molecule has 0 saturated carbocycles. The van der Waals surface area contributed by atoms with Crippen molar-refractivity contribution >= 4 is 21.7 Å². The highest BCUT2D eigenvalue weighted by Gasteiger charge is 2.15. The Balaban J connectivity index is 1.01. The van der Waals surface area contributed by atoms with Crippen LogP contribution in [0.25, 0.3) is 100 Å². The lowest BCUT2D eigenvalue weighted by Gasteiger charge is -2.12. The summed E-state index contributed by atoms with van der Waals surface area (Å²) < 4.78 is 0. The number of rotatable bonds is 7. The van der Waals surface area contributed by atoms with Crippen LogP contribution in [0.2, 0.25) is 0 Å². The molecular formula is C52H34N4. The molecule has 262 valence electrons. The quantitative estimate of drug-likeness (QED) is 0.154. The van der Waals surface area contributed by atoms with Crippen molar-refractivity contribution in [3.63, 3.8) is 0 Å². The van der Waals surface area contributed by atoms with Gasteiger partial charge in [0.15, 0.2) is 17.5 Å². The van der Waals surface area contributed by atoms with Gasteiger partial charge in [0.2, 0.25) is 0 Å². The SMILES string of the molecule is c1ccc(-c2ccc(-c3nc(-c4ccc(-c5ccccc5)cc4)nc(-c4cccc(-c5ccc(-c6cccc7c6ccc6cccnc67)cc5)c4)n3)cc2)cc1. The minimum atomic E-state index is 0.624. The van der Waals surface area contributed by atoms with Gasteiger partial charge in [0.25, 0.3) is 0 Å². The van der Waals surface area contributed by atoms with Crippen LogP contribution < -0.4 is 0 Å². The van der Waals surface area contributed by atoms with E-state index in [1.807, 2.05) is 24.4 Å². The topological polar surface area (TPSA) is 51.6 Å². The number of hydrogen-bond donors (Lipinski definition) is 0. The maximum atomic E-state index is 5.08. The smallest absolute Gasteiger partial charge is 0.164 e. The monoisotopic (exact) mass is 714 g/mol. The third-order valence-corrected chi connectivity index (χ3v) is 10.4. The number of aromatic nitrogens is 4. The van der Waals surface area contributed by atoms with E-state index in [0.717, 1.165) is 60.8 Å². The third kappa shape index (κ3) is 6.40. The summed E-state index contributed by atoms with van der Waals surface area (Å²) in [6, 6.07) is 69.9. The second-order valence-corrected chi connectivity index (χ2v) is 13.9. The molecule has 0 amide bonds. The van der Waals surface area contributed by atoms with E-state index in [1.165, 1.54) is 22.1 Å². The van der Waals surface area contributed by atoms with Crippen molar-refractivity contribution in [2.75, 3.05) is 0 Å². The van der Waals surface area contributed by atoms with E-state index in [2.05, 4.69) is 182 Å². The summed E-state index contributed by atoms with van der Waals surface area (Å²) in [5.74, 6) is 1.88. The fraction of sp³-hybridized carbons (Fsp3) is 0. The number of pyridine rings is 1. The Kier molecular flexibility index (Phi) is 8.47. The molecule has 0 spiro atoms. The van der Waals surface area contributed by atoms with Gasteiger partial charge in [-0.3, -0.25) is 4.98 Å². The predicted octanol–water partition coefficient (Wildman–Crippen LogP) is 13.2. The lowest BCUT2D eigenvalue weighted by atomic mass is 9.94. The van der Waals surface area contributed by atoms with Gasteiger partial charge in [0.1, 0.15) is 0 Å². The van der Waals surface area contributed by atoms with E-state index < -0.39 is 0 Å². The average molecular weight is 715 g/mol. The van der Waals surface area contributed by atoms with Gasteiger partial charge < -0.3 is 0 Å². The Morgan fingerprint density at radius 3 is 1.34 bits per heavy atom. The Hall–Kier alpha value is -7.56. The van der Waals surface area contributed by atoms with Gasteiger partial charge in [-0.1, -0.05) is 188 Å². The normalized spacial score (nSPS) is 11.2. The first-order valence-electron chi connectivity index (χ1n) is 18.8. The van der Waals surface area contributed by atoms with Gasteiger partial charge in [0, 0.05) is 33.7 Å². The fourth-order valence-corrected chi connectivity index (χ4v) is 7.48. The summed E-state index contributed by atoms with van der Waals surface area (Å²) in [5, 5.41) is 3.50. The molecule has 10 rings (SSSR count). The number of nitrogens with zero attached hydrogens (tertiary/aromatic N) is 4. The number of benzene rings is 8. The summed E-state index contributed by atoms with van der Waals surface area (Å²) in [7, 11) is 0. The maximum absolute atomic E-state index is 5.08. The van der Waals surface area contributed by atoms with Crippen LogP contribution in [0.4, 0.5) is 0 Å². The van der Waals surface area contributed by atoms with Gasteiger partial charge in [-0.15, -0.1) is 0 Å². The molecule has 0 unspecified atom stereocenters. The molecule has 0 saturated heterocycles. The lowest BCUT2D eigenvalue weighted by molar-refractivity contribution is 1.07. The molecule has 0 aliphatic heterocycles. The van der Waals surface area contributed by atoms with Crippen LogP contribution >= 0.6 is 0 Å². The second kappa shape index (κ2) is 14.3. The number of fused-ring (bicyclic) bond motifs is 3. The molecule has 0 bridgehead atoms. The van der Waals surface area contributed by atoms with Gasteiger partial charge >= 0.3 is 0 Å². The maximum Gasteiger partial charge on any atom is 0.164 e. The molecule has 8 aromatic carbocycles. The van der Waals surface area contributed by atoms with Crippen LogP contribution in [0.15, 0.2) is 206 Å². The molecule has 4 heteroatoms. The Morgan fingerprint density at radius 2 is 0.732 bits per heavy atom. The van der Waals surface area contributed by atoms with Crippen LogP contribution in [0, 0.1) is 0 Å². The Labute approximate surface area is 325 Å². The Bertz CT molecular complexity index is 2880. The molecule has 0 radical (unpaired) electrons. The van der Waals surface area contributed by atoms with Crippen molar-refractivity contribution in [3.8, 4) is 78.7 Å². The highest BCUT2D eigenvalue weighted by molar-refractivity contribution is 6.10. The highest BCUT2D eigenvalue weighted by atomic mass is 15.0. The standard InChI is InChI=1S/C52H34N4/c1-3-10-35(11-4-1)37-21-27-42(28-22-37)50-54-51(43-29-23-38(24-30-43)36-12-5-2-6-13-36)56-52(55-50)45-15-7-14-44(34-45)39-19-25-40(26-20-39)46-17-8-18-48-47(46)32-31-41-16-9-33-53-49(41)48/h1-34H. The van der Waals surface area contributed by atoms with Crippen LogP contribution in [-0.4, -0.2) is 19.9 Å². The molecule has 0 fully saturated rings. The van der Waals surface area contributed by atoms with E-state index >= 15 is 0 Å². The summed E-state index contributed by atoms with van der Waals surface area (Å²) >= 11 is 0. The highest BCUT2D eigenvalue weighted by Crippen LogP contribution is 2.35. The molecule has 4 nitrogen and oxygen atoms in total. The first-order valence-corrected chi connectivity index (χ1v) is 18.8. The van der Waals surface area contributed by atoms with Crippen molar-refractivity contribution in [1.82, 2.24) is 19.9 Å². The van der Waals surface area contributed by atoms with Crippen LogP contribution in [0.5, 0.6) is 0 Å². The molecule has 2 aromatic heterocycles. The van der Waals surface area contributed by atoms with Crippen LogP contribution in [-0.2, 0) is 0 Å². The first-order chi connectivity index (χ1) is 27.7. The lowest BCUT2D eigenvalue weighted by Crippen LogP contribution is -2.00. The Morgan fingerprint density at radius 1 is 0.268 bits per heavy atom. The minimum absolute atomic E-state index is 0.624. The van der Waals surface area contributed by atoms with Gasteiger partial charge in [0.05, 0.1) is 5.52 Å². The second-order valence-electron chi connectivity index (χ2n) is 13.9. The molecule has 0 N–H and O–H groups in total. The van der Waals surface area contributed by atoms with Crippen molar-refractivity contribution in [2.24, 2.45) is 0 Å². The molecule has 56 heavy (non-hydrogen) atoms. The van der Waals surface area contributed by atoms with Crippen molar-refractivity contribution < 1.29 is 0 Å². The van der Waals surface area contributed by atoms with Crippen molar-refractivity contribution in [3.05, 3.63) is 206 Å². The number of hydrogen-bond acceptors (Lipinski definition) is 4. The molecule has 0 atom stereocenters. The van der Waals surface area contributed by atoms with Crippen molar-refractivity contribution in [1.29, 1.82) is 0 Å². The summed E-state index contributed by atoms with van der Waals surface area (Å²) in [5.41, 5.74) is 13.0. The molecule has 10 aromatic rings. The summed E-state index contributed by atoms with van der Waals surface area (Å²) in [6.45, 7) is 0. The molecule has 2 heterocycles. The van der Waals surface area contributed by atoms with Crippen LogP contribution in [0.1, 0.15) is 0 Å².